The van der Waals surface area contributed by atoms with Gasteiger partial charge in [0, 0.05) is 11.8 Å². The largest absolute Gasteiger partial charge is 0.465 e. The van der Waals surface area contributed by atoms with Crippen molar-refractivity contribution in [3.63, 3.8) is 0 Å². The van der Waals surface area contributed by atoms with Crippen LogP contribution in [-0.4, -0.2) is 24.2 Å². The van der Waals surface area contributed by atoms with Crippen LogP contribution in [0.15, 0.2) is 30.5 Å². The van der Waals surface area contributed by atoms with Gasteiger partial charge in [-0.15, -0.1) is 0 Å². The molecular weight excluding hydrogens is 407 g/mol. The van der Waals surface area contributed by atoms with Gasteiger partial charge >= 0.3 is 12.6 Å². The number of halogens is 4. The first-order valence-corrected chi connectivity index (χ1v) is 9.75. The van der Waals surface area contributed by atoms with E-state index in [1.165, 1.54) is 18.3 Å². The summed E-state index contributed by atoms with van der Waals surface area (Å²) in [5.41, 5.74) is 0.497. The summed E-state index contributed by atoms with van der Waals surface area (Å²) >= 11 is 5.81. The molecule has 0 aliphatic heterocycles. The van der Waals surface area contributed by atoms with Crippen molar-refractivity contribution in [2.24, 2.45) is 11.8 Å². The van der Waals surface area contributed by atoms with Crippen LogP contribution in [0.4, 0.5) is 13.2 Å². The highest BCUT2D eigenvalue weighted by Crippen LogP contribution is 2.45. The van der Waals surface area contributed by atoms with Gasteiger partial charge in [-0.25, -0.2) is 4.39 Å². The SMILES string of the molecule is CCOC(=O)C(C[C@@H]1C[C@H]1C)c1ccc(-c2c(OC(F)F)ccc(Cl)c2F)cn1. The van der Waals surface area contributed by atoms with E-state index in [2.05, 4.69) is 16.6 Å². The number of nitrogens with zero attached hydrogens (tertiary/aromatic N) is 1. The van der Waals surface area contributed by atoms with E-state index in [1.807, 2.05) is 0 Å². The zero-order valence-corrected chi connectivity index (χ0v) is 16.8. The van der Waals surface area contributed by atoms with Crippen molar-refractivity contribution >= 4 is 17.6 Å². The minimum atomic E-state index is -3.12. The molecular formula is C21H21ClF3NO3. The molecule has 1 aromatic carbocycles. The van der Waals surface area contributed by atoms with Crippen molar-refractivity contribution in [2.45, 2.75) is 39.2 Å². The third kappa shape index (κ3) is 5.01. The van der Waals surface area contributed by atoms with Crippen LogP contribution < -0.4 is 4.74 Å². The van der Waals surface area contributed by atoms with E-state index in [9.17, 15) is 18.0 Å². The van der Waals surface area contributed by atoms with Crippen molar-refractivity contribution in [1.82, 2.24) is 4.98 Å². The van der Waals surface area contributed by atoms with Gasteiger partial charge in [-0.05, 0) is 49.8 Å². The number of pyridine rings is 1. The molecule has 156 valence electrons. The predicted molar refractivity (Wildman–Crippen MR) is 103 cm³/mol. The number of rotatable bonds is 8. The second-order valence-electron chi connectivity index (χ2n) is 7.10. The van der Waals surface area contributed by atoms with E-state index in [0.717, 1.165) is 12.5 Å². The second kappa shape index (κ2) is 9.03. The van der Waals surface area contributed by atoms with Crippen molar-refractivity contribution in [3.8, 4) is 16.9 Å². The van der Waals surface area contributed by atoms with Gasteiger partial charge in [0.15, 0.2) is 5.82 Å². The molecule has 0 saturated heterocycles. The molecule has 1 aromatic heterocycles. The second-order valence-corrected chi connectivity index (χ2v) is 7.51. The highest BCUT2D eigenvalue weighted by molar-refractivity contribution is 6.31. The van der Waals surface area contributed by atoms with Crippen LogP contribution in [0.2, 0.25) is 5.02 Å². The highest BCUT2D eigenvalue weighted by Gasteiger charge is 2.38. The van der Waals surface area contributed by atoms with Crippen LogP contribution >= 0.6 is 11.6 Å². The van der Waals surface area contributed by atoms with E-state index in [-0.39, 0.29) is 34.5 Å². The number of benzene rings is 1. The molecule has 4 nitrogen and oxygen atoms in total. The van der Waals surface area contributed by atoms with E-state index in [1.54, 1.807) is 13.0 Å². The molecule has 1 aliphatic rings. The van der Waals surface area contributed by atoms with Crippen molar-refractivity contribution in [1.29, 1.82) is 0 Å². The third-order valence-electron chi connectivity index (χ3n) is 5.09. The Morgan fingerprint density at radius 1 is 1.31 bits per heavy atom. The lowest BCUT2D eigenvalue weighted by Gasteiger charge is -2.16. The molecule has 0 bridgehead atoms. The van der Waals surface area contributed by atoms with Gasteiger partial charge in [0.2, 0.25) is 0 Å². The van der Waals surface area contributed by atoms with Crippen LogP contribution in [0, 0.1) is 17.7 Å². The Bertz CT molecular complexity index is 876. The van der Waals surface area contributed by atoms with Crippen molar-refractivity contribution in [3.05, 3.63) is 47.0 Å². The van der Waals surface area contributed by atoms with Gasteiger partial charge in [0.05, 0.1) is 28.8 Å². The Kier molecular flexibility index (Phi) is 6.67. The van der Waals surface area contributed by atoms with E-state index in [4.69, 9.17) is 16.3 Å². The number of alkyl halides is 2. The third-order valence-corrected chi connectivity index (χ3v) is 5.38. The molecule has 8 heteroatoms. The standard InChI is InChI=1S/C21H21ClF3NO3/c1-3-28-20(27)14(9-13-8-11(13)2)16-6-4-12(10-26-16)18-17(29-21(24)25)7-5-15(22)19(18)23/h4-7,10-11,13-14,21H,3,8-9H2,1-2H3/t11-,13+,14?/m1/s1. The van der Waals surface area contributed by atoms with Gasteiger partial charge in [-0.1, -0.05) is 24.6 Å². The van der Waals surface area contributed by atoms with E-state index < -0.39 is 18.3 Å². The zero-order chi connectivity index (χ0) is 21.1. The molecule has 1 aliphatic carbocycles. The maximum absolute atomic E-state index is 14.6. The summed E-state index contributed by atoms with van der Waals surface area (Å²) in [4.78, 5) is 16.7. The van der Waals surface area contributed by atoms with Gasteiger partial charge in [-0.2, -0.15) is 8.78 Å². The fourth-order valence-electron chi connectivity index (χ4n) is 3.37. The number of carbonyl (C=O) groups is 1. The van der Waals surface area contributed by atoms with E-state index >= 15 is 0 Å². The number of esters is 1. The smallest absolute Gasteiger partial charge is 0.387 e. The Balaban J connectivity index is 1.92. The van der Waals surface area contributed by atoms with Crippen LogP contribution in [0.1, 0.15) is 38.3 Å². The van der Waals surface area contributed by atoms with Crippen molar-refractivity contribution < 1.29 is 27.4 Å². The van der Waals surface area contributed by atoms with Gasteiger partial charge in [-0.3, -0.25) is 9.78 Å². The molecule has 2 aromatic rings. The topological polar surface area (TPSA) is 48.4 Å². The molecule has 0 amide bonds. The molecule has 3 atom stereocenters. The molecule has 0 radical (unpaired) electrons. The summed E-state index contributed by atoms with van der Waals surface area (Å²) in [7, 11) is 0. The van der Waals surface area contributed by atoms with Crippen LogP contribution in [-0.2, 0) is 9.53 Å². The van der Waals surface area contributed by atoms with Gasteiger partial charge < -0.3 is 9.47 Å². The predicted octanol–water partition coefficient (Wildman–Crippen LogP) is 5.84. The fraction of sp³-hybridized carbons (Fsp3) is 0.429. The molecule has 1 fully saturated rings. The first-order chi connectivity index (χ1) is 13.8. The van der Waals surface area contributed by atoms with Crippen molar-refractivity contribution in [2.75, 3.05) is 6.61 Å². The number of hydrogen-bond acceptors (Lipinski definition) is 4. The van der Waals surface area contributed by atoms with E-state index in [0.29, 0.717) is 24.0 Å². The minimum absolute atomic E-state index is 0.208. The average molecular weight is 428 g/mol. The molecule has 1 unspecified atom stereocenters. The first kappa shape index (κ1) is 21.4. The summed E-state index contributed by atoms with van der Waals surface area (Å²) in [6, 6.07) is 5.42. The Morgan fingerprint density at radius 2 is 2.03 bits per heavy atom. The lowest BCUT2D eigenvalue weighted by Crippen LogP contribution is -2.18. The lowest BCUT2D eigenvalue weighted by molar-refractivity contribution is -0.145. The fourth-order valence-corrected chi connectivity index (χ4v) is 3.52. The molecule has 1 saturated carbocycles. The molecule has 3 rings (SSSR count). The number of carbonyl (C=O) groups excluding carboxylic acids is 1. The van der Waals surface area contributed by atoms with Gasteiger partial charge in [0.25, 0.3) is 0 Å². The van der Waals surface area contributed by atoms with Gasteiger partial charge in [0.1, 0.15) is 5.75 Å². The number of ether oxygens (including phenoxy) is 2. The van der Waals surface area contributed by atoms with Crippen LogP contribution in [0.3, 0.4) is 0 Å². The minimum Gasteiger partial charge on any atom is -0.465 e. The zero-order valence-electron chi connectivity index (χ0n) is 16.0. The Morgan fingerprint density at radius 3 is 2.59 bits per heavy atom. The summed E-state index contributed by atoms with van der Waals surface area (Å²) in [5, 5.41) is -0.224. The lowest BCUT2D eigenvalue weighted by atomic mass is 9.96. The maximum Gasteiger partial charge on any atom is 0.387 e. The summed E-state index contributed by atoms with van der Waals surface area (Å²) in [6.07, 6.45) is 3.00. The monoisotopic (exact) mass is 427 g/mol. The molecule has 1 heterocycles. The highest BCUT2D eigenvalue weighted by atomic mass is 35.5. The number of aromatic nitrogens is 1. The summed E-state index contributed by atoms with van der Waals surface area (Å²) in [6.45, 7) is 0.999. The van der Waals surface area contributed by atoms with Crippen LogP contribution in [0.25, 0.3) is 11.1 Å². The summed E-state index contributed by atoms with van der Waals surface area (Å²) < 4.78 is 49.5. The molecule has 0 spiro atoms. The Hall–Kier alpha value is -2.28. The molecule has 0 N–H and O–H groups in total. The number of hydrogen-bond donors (Lipinski definition) is 0. The maximum atomic E-state index is 14.6. The first-order valence-electron chi connectivity index (χ1n) is 9.37. The normalized spacial score (nSPS) is 19.1. The van der Waals surface area contributed by atoms with Crippen LogP contribution in [0.5, 0.6) is 5.75 Å². The average Bonchev–Trinajstić information content (AvgIpc) is 3.38. The molecule has 29 heavy (non-hydrogen) atoms. The Labute approximate surface area is 172 Å². The quantitative estimate of drug-likeness (QED) is 0.497. The summed E-state index contributed by atoms with van der Waals surface area (Å²) in [5.74, 6) is -1.12.